The normalized spacial score (nSPS) is 18.1. The maximum absolute atomic E-state index is 13.8. The van der Waals surface area contributed by atoms with Crippen LogP contribution >= 0.6 is 0 Å². The maximum Gasteiger partial charge on any atom is 0.333 e. The van der Waals surface area contributed by atoms with Crippen LogP contribution in [0.15, 0.2) is 36.4 Å². The van der Waals surface area contributed by atoms with Crippen molar-refractivity contribution in [3.05, 3.63) is 53.1 Å². The molecule has 3 aromatic rings. The van der Waals surface area contributed by atoms with Crippen molar-refractivity contribution in [2.24, 2.45) is 0 Å². The number of urea groups is 1. The summed E-state index contributed by atoms with van der Waals surface area (Å²) in [6.45, 7) is 15.6. The summed E-state index contributed by atoms with van der Waals surface area (Å²) >= 11 is 0. The van der Waals surface area contributed by atoms with E-state index in [1.54, 1.807) is 6.07 Å². The van der Waals surface area contributed by atoms with Gasteiger partial charge in [0.25, 0.3) is 0 Å². The number of anilines is 1. The Hall–Kier alpha value is -3.77. The number of rotatable bonds is 8. The number of hydrogen-bond donors (Lipinski definition) is 3. The number of ether oxygens (including phenoxy) is 1. The monoisotopic (exact) mass is 586 g/mol. The Morgan fingerprint density at radius 2 is 1.77 bits per heavy atom. The van der Waals surface area contributed by atoms with Crippen LogP contribution in [0, 0.1) is 6.92 Å². The van der Waals surface area contributed by atoms with E-state index < -0.39 is 0 Å². The Kier molecular flexibility index (Phi) is 8.49. The van der Waals surface area contributed by atoms with Gasteiger partial charge >= 0.3 is 6.03 Å². The van der Waals surface area contributed by atoms with Crippen molar-refractivity contribution in [1.29, 1.82) is 0 Å². The van der Waals surface area contributed by atoms with Gasteiger partial charge in [-0.1, -0.05) is 12.1 Å². The number of aromatic amines is 1. The number of benzene rings is 2. The maximum atomic E-state index is 13.8. The van der Waals surface area contributed by atoms with Gasteiger partial charge in [0.2, 0.25) is 0 Å². The average molecular weight is 587 g/mol. The number of nitrogens with zero attached hydrogens (tertiary/aromatic N) is 5. The van der Waals surface area contributed by atoms with Gasteiger partial charge in [-0.25, -0.2) is 9.80 Å². The summed E-state index contributed by atoms with van der Waals surface area (Å²) in [5.41, 5.74) is 8.26. The number of carbonyl (C=O) groups excluding carboxylic acids is 2. The lowest BCUT2D eigenvalue weighted by Gasteiger charge is -2.36. The van der Waals surface area contributed by atoms with E-state index in [2.05, 4.69) is 56.5 Å². The van der Waals surface area contributed by atoms with Crippen LogP contribution in [0.5, 0.6) is 5.75 Å². The first-order valence-corrected chi connectivity index (χ1v) is 15.3. The lowest BCUT2D eigenvalue weighted by molar-refractivity contribution is 0.0971. The SMILES string of the molecule is Cc1cc(OCCN2CCN(C(C)C)CC2)ccc1-c1[nH]nc2c1C(=O)c1c(NC(=O)NN3CCN(C)CC3)cccc1-2. The topological polar surface area (TPSA) is 109 Å². The van der Waals surface area contributed by atoms with Crippen molar-refractivity contribution >= 4 is 17.5 Å². The van der Waals surface area contributed by atoms with Crippen LogP contribution in [-0.4, -0.2) is 120 Å². The average Bonchev–Trinajstić information content (AvgIpc) is 3.54. The van der Waals surface area contributed by atoms with Gasteiger partial charge < -0.3 is 15.0 Å². The van der Waals surface area contributed by atoms with Gasteiger partial charge in [-0.15, -0.1) is 0 Å². The van der Waals surface area contributed by atoms with E-state index in [0.29, 0.717) is 46.4 Å². The number of carbonyl (C=O) groups is 2. The molecule has 2 amide bonds. The second kappa shape index (κ2) is 12.5. The number of hydrogen-bond acceptors (Lipinski definition) is 8. The number of fused-ring (bicyclic) bond motifs is 3. The zero-order chi connectivity index (χ0) is 30.1. The summed E-state index contributed by atoms with van der Waals surface area (Å²) in [6, 6.07) is 11.7. The molecule has 0 saturated carbocycles. The zero-order valence-corrected chi connectivity index (χ0v) is 25.6. The molecule has 1 aliphatic carbocycles. The minimum absolute atomic E-state index is 0.151. The van der Waals surface area contributed by atoms with E-state index in [0.717, 1.165) is 75.8 Å². The first kappa shape index (κ1) is 29.3. The first-order chi connectivity index (χ1) is 20.8. The van der Waals surface area contributed by atoms with Gasteiger partial charge in [-0.05, 0) is 57.6 Å². The number of piperazine rings is 2. The molecule has 3 N–H and O–H groups in total. The van der Waals surface area contributed by atoms with Crippen LogP contribution in [0.1, 0.15) is 35.3 Å². The summed E-state index contributed by atoms with van der Waals surface area (Å²) in [7, 11) is 2.06. The Balaban J connectivity index is 1.11. The molecular weight excluding hydrogens is 544 g/mol. The highest BCUT2D eigenvalue weighted by molar-refractivity contribution is 6.27. The Bertz CT molecular complexity index is 1490. The van der Waals surface area contributed by atoms with Crippen LogP contribution < -0.4 is 15.5 Å². The van der Waals surface area contributed by atoms with Crippen LogP contribution in [0.25, 0.3) is 22.5 Å². The van der Waals surface area contributed by atoms with Crippen molar-refractivity contribution < 1.29 is 14.3 Å². The van der Waals surface area contributed by atoms with E-state index >= 15 is 0 Å². The summed E-state index contributed by atoms with van der Waals surface area (Å²) in [6.07, 6.45) is 0. The molecule has 11 nitrogen and oxygen atoms in total. The van der Waals surface area contributed by atoms with E-state index in [9.17, 15) is 9.59 Å². The van der Waals surface area contributed by atoms with Crippen LogP contribution in [0.3, 0.4) is 0 Å². The second-order valence-electron chi connectivity index (χ2n) is 12.0. The van der Waals surface area contributed by atoms with E-state index in [4.69, 9.17) is 4.74 Å². The number of aromatic nitrogens is 2. The molecule has 0 unspecified atom stereocenters. The van der Waals surface area contributed by atoms with E-state index in [-0.39, 0.29) is 11.8 Å². The molecule has 1 aromatic heterocycles. The zero-order valence-electron chi connectivity index (χ0n) is 25.6. The predicted molar refractivity (Wildman–Crippen MR) is 167 cm³/mol. The highest BCUT2D eigenvalue weighted by Crippen LogP contribution is 2.43. The third kappa shape index (κ3) is 6.16. The standard InChI is InChI=1S/C32H42N8O3/c1-21(2)39-14-12-38(13-15-39)18-19-43-23-8-9-24(22(3)20-23)29-28-30(35-34-29)25-6-5-7-26(27(25)31(28)41)33-32(42)36-40-16-10-37(4)11-17-40/h5-9,20-21H,10-19H2,1-4H3,(H,34,35)(H2,33,36,42). The third-order valence-corrected chi connectivity index (χ3v) is 8.83. The minimum Gasteiger partial charge on any atom is -0.492 e. The molecule has 228 valence electrons. The fraction of sp³-hybridized carbons (Fsp3) is 0.469. The first-order valence-electron chi connectivity index (χ1n) is 15.3. The molecule has 0 radical (unpaired) electrons. The molecule has 43 heavy (non-hydrogen) atoms. The number of hydrazine groups is 1. The molecule has 2 aliphatic heterocycles. The quantitative estimate of drug-likeness (QED) is 0.289. The minimum atomic E-state index is -0.360. The van der Waals surface area contributed by atoms with Crippen molar-refractivity contribution in [2.45, 2.75) is 26.8 Å². The molecule has 0 spiro atoms. The smallest absolute Gasteiger partial charge is 0.333 e. The predicted octanol–water partition coefficient (Wildman–Crippen LogP) is 3.29. The van der Waals surface area contributed by atoms with Crippen molar-refractivity contribution in [3.8, 4) is 28.3 Å². The van der Waals surface area contributed by atoms with Crippen molar-refractivity contribution in [2.75, 3.05) is 77.9 Å². The molecule has 3 aliphatic rings. The number of likely N-dealkylation sites (N-methyl/N-ethyl adjacent to an activating group) is 1. The highest BCUT2D eigenvalue weighted by atomic mass is 16.5. The molecule has 0 atom stereocenters. The van der Waals surface area contributed by atoms with Gasteiger partial charge in [0.15, 0.2) is 5.78 Å². The number of nitrogens with one attached hydrogen (secondary N) is 3. The lowest BCUT2D eigenvalue weighted by atomic mass is 10.00. The molecule has 0 bridgehead atoms. The molecule has 2 saturated heterocycles. The Morgan fingerprint density at radius 1 is 1.00 bits per heavy atom. The fourth-order valence-electron chi connectivity index (χ4n) is 6.19. The Labute approximate surface area is 253 Å². The number of H-pyrrole nitrogens is 1. The Morgan fingerprint density at radius 3 is 2.49 bits per heavy atom. The number of aryl methyl sites for hydroxylation is 1. The second-order valence-corrected chi connectivity index (χ2v) is 12.0. The van der Waals surface area contributed by atoms with Crippen LogP contribution in [-0.2, 0) is 0 Å². The van der Waals surface area contributed by atoms with Gasteiger partial charge in [0.1, 0.15) is 18.1 Å². The summed E-state index contributed by atoms with van der Waals surface area (Å²) in [5.74, 6) is 0.659. The van der Waals surface area contributed by atoms with Crippen molar-refractivity contribution in [3.63, 3.8) is 0 Å². The molecule has 6 rings (SSSR count). The number of amides is 2. The molecule has 2 aromatic carbocycles. The van der Waals surface area contributed by atoms with Gasteiger partial charge in [-0.3, -0.25) is 25.1 Å². The van der Waals surface area contributed by atoms with Gasteiger partial charge in [0, 0.05) is 76.1 Å². The van der Waals surface area contributed by atoms with E-state index in [1.165, 1.54) is 0 Å². The molecule has 2 fully saturated rings. The molecule has 3 heterocycles. The van der Waals surface area contributed by atoms with Crippen LogP contribution in [0.2, 0.25) is 0 Å². The van der Waals surface area contributed by atoms with Gasteiger partial charge in [0.05, 0.1) is 22.5 Å². The number of ketones is 1. The summed E-state index contributed by atoms with van der Waals surface area (Å²) in [4.78, 5) is 33.8. The van der Waals surface area contributed by atoms with Gasteiger partial charge in [-0.2, -0.15) is 5.10 Å². The summed E-state index contributed by atoms with van der Waals surface area (Å²) in [5, 5.41) is 12.4. The van der Waals surface area contributed by atoms with E-state index in [1.807, 2.05) is 42.3 Å². The van der Waals surface area contributed by atoms with Crippen LogP contribution in [0.4, 0.5) is 10.5 Å². The van der Waals surface area contributed by atoms with Crippen molar-refractivity contribution in [1.82, 2.24) is 35.3 Å². The third-order valence-electron chi connectivity index (χ3n) is 8.83. The molecule has 11 heteroatoms. The fourth-order valence-corrected chi connectivity index (χ4v) is 6.19. The summed E-state index contributed by atoms with van der Waals surface area (Å²) < 4.78 is 6.11. The molecular formula is C32H42N8O3. The largest absolute Gasteiger partial charge is 0.492 e. The lowest BCUT2D eigenvalue weighted by Crippen LogP contribution is -2.53. The highest BCUT2D eigenvalue weighted by Gasteiger charge is 2.35.